The number of benzene rings is 2. The topological polar surface area (TPSA) is 71.1 Å². The number of aromatic nitrogens is 1. The van der Waals surface area contributed by atoms with Gasteiger partial charge >= 0.3 is 0 Å². The third-order valence-electron chi connectivity index (χ3n) is 4.87. The number of thioether (sulfide) groups is 1. The van der Waals surface area contributed by atoms with Gasteiger partial charge in [-0.2, -0.15) is 0 Å². The summed E-state index contributed by atoms with van der Waals surface area (Å²) in [5, 5.41) is 6.50. The van der Waals surface area contributed by atoms with Crippen LogP contribution in [-0.2, 0) is 4.79 Å². The van der Waals surface area contributed by atoms with Gasteiger partial charge in [-0.05, 0) is 57.0 Å². The van der Waals surface area contributed by atoms with Gasteiger partial charge in [0, 0.05) is 11.4 Å². The lowest BCUT2D eigenvalue weighted by Crippen LogP contribution is -2.28. The van der Waals surface area contributed by atoms with Crippen LogP contribution in [0.5, 0.6) is 0 Å². The second kappa shape index (κ2) is 10.3. The van der Waals surface area contributed by atoms with Gasteiger partial charge in [-0.25, -0.2) is 4.98 Å². The molecule has 3 rings (SSSR count). The standard InChI is InChI=1S/C25H27N3O2S/c1-16-10-12-21(13-11-16)28-24(30)23-17(2)14-18(3)26-25(23)31-15-22(29)27-19(4)20-8-6-5-7-9-20/h5-14,19H,15H2,1-4H3,(H,27,29)(H,28,30)/t19-/m0/s1. The molecule has 160 valence electrons. The Hall–Kier alpha value is -3.12. The highest BCUT2D eigenvalue weighted by Crippen LogP contribution is 2.26. The van der Waals surface area contributed by atoms with Gasteiger partial charge in [0.1, 0.15) is 5.03 Å². The Balaban J connectivity index is 1.71. The highest BCUT2D eigenvalue weighted by Gasteiger charge is 2.19. The number of pyridine rings is 1. The summed E-state index contributed by atoms with van der Waals surface area (Å²) in [5.41, 5.74) is 5.03. The van der Waals surface area contributed by atoms with E-state index >= 15 is 0 Å². The Morgan fingerprint density at radius 1 is 1.00 bits per heavy atom. The molecule has 0 aliphatic rings. The monoisotopic (exact) mass is 433 g/mol. The maximum atomic E-state index is 13.0. The summed E-state index contributed by atoms with van der Waals surface area (Å²) in [4.78, 5) is 30.1. The van der Waals surface area contributed by atoms with Crippen molar-refractivity contribution in [2.75, 3.05) is 11.1 Å². The third kappa shape index (κ3) is 6.18. The molecule has 31 heavy (non-hydrogen) atoms. The molecule has 0 unspecified atom stereocenters. The number of rotatable bonds is 7. The number of nitrogens with zero attached hydrogens (tertiary/aromatic N) is 1. The van der Waals surface area contributed by atoms with Crippen LogP contribution in [0, 0.1) is 20.8 Å². The first kappa shape index (κ1) is 22.6. The van der Waals surface area contributed by atoms with E-state index in [4.69, 9.17) is 0 Å². The summed E-state index contributed by atoms with van der Waals surface area (Å²) >= 11 is 1.28. The number of nitrogens with one attached hydrogen (secondary N) is 2. The lowest BCUT2D eigenvalue weighted by atomic mass is 10.1. The Kier molecular flexibility index (Phi) is 7.47. The molecule has 1 aromatic heterocycles. The van der Waals surface area contributed by atoms with E-state index in [0.717, 1.165) is 28.1 Å². The molecule has 0 saturated heterocycles. The average Bonchev–Trinajstić information content (AvgIpc) is 2.74. The molecule has 0 saturated carbocycles. The van der Waals surface area contributed by atoms with Crippen molar-refractivity contribution in [3.8, 4) is 0 Å². The minimum atomic E-state index is -0.227. The van der Waals surface area contributed by atoms with E-state index in [1.165, 1.54) is 11.8 Å². The number of hydrogen-bond acceptors (Lipinski definition) is 4. The minimum Gasteiger partial charge on any atom is -0.349 e. The first-order valence-electron chi connectivity index (χ1n) is 10.2. The third-order valence-corrected chi connectivity index (χ3v) is 5.84. The fourth-order valence-electron chi connectivity index (χ4n) is 3.26. The molecule has 0 aliphatic carbocycles. The molecule has 1 atom stereocenters. The first-order valence-corrected chi connectivity index (χ1v) is 11.2. The fraction of sp³-hybridized carbons (Fsp3) is 0.240. The number of carbonyl (C=O) groups excluding carboxylic acids is 2. The van der Waals surface area contributed by atoms with E-state index in [0.29, 0.717) is 10.6 Å². The largest absolute Gasteiger partial charge is 0.349 e. The van der Waals surface area contributed by atoms with Gasteiger partial charge in [-0.3, -0.25) is 9.59 Å². The highest BCUT2D eigenvalue weighted by atomic mass is 32.2. The number of anilines is 1. The summed E-state index contributed by atoms with van der Waals surface area (Å²) in [7, 11) is 0. The van der Waals surface area contributed by atoms with Gasteiger partial charge < -0.3 is 10.6 Å². The van der Waals surface area contributed by atoms with Crippen molar-refractivity contribution in [1.29, 1.82) is 0 Å². The molecular weight excluding hydrogens is 406 g/mol. The number of amides is 2. The predicted molar refractivity (Wildman–Crippen MR) is 127 cm³/mol. The van der Waals surface area contributed by atoms with Crippen molar-refractivity contribution in [3.05, 3.63) is 88.6 Å². The quantitative estimate of drug-likeness (QED) is 0.501. The molecule has 0 fully saturated rings. The van der Waals surface area contributed by atoms with Crippen LogP contribution in [0.2, 0.25) is 0 Å². The van der Waals surface area contributed by atoms with Crippen molar-refractivity contribution in [1.82, 2.24) is 10.3 Å². The maximum Gasteiger partial charge on any atom is 0.258 e. The molecule has 5 nitrogen and oxygen atoms in total. The Labute approximate surface area is 187 Å². The van der Waals surface area contributed by atoms with E-state index in [1.807, 2.05) is 88.4 Å². The summed E-state index contributed by atoms with van der Waals surface area (Å²) < 4.78 is 0. The number of aryl methyl sites for hydroxylation is 3. The second-order valence-electron chi connectivity index (χ2n) is 7.57. The van der Waals surface area contributed by atoms with Gasteiger partial charge in [0.05, 0.1) is 17.4 Å². The Bertz CT molecular complexity index is 1070. The lowest BCUT2D eigenvalue weighted by molar-refractivity contribution is -0.119. The SMILES string of the molecule is Cc1ccc(NC(=O)c2c(C)cc(C)nc2SCC(=O)N[C@@H](C)c2ccccc2)cc1. The van der Waals surface area contributed by atoms with Crippen LogP contribution in [0.15, 0.2) is 65.7 Å². The molecule has 3 aromatic rings. The Morgan fingerprint density at radius 2 is 1.68 bits per heavy atom. The first-order chi connectivity index (χ1) is 14.8. The predicted octanol–water partition coefficient (Wildman–Crippen LogP) is 5.23. The molecule has 1 heterocycles. The average molecular weight is 434 g/mol. The molecule has 0 bridgehead atoms. The number of carbonyl (C=O) groups is 2. The molecule has 0 radical (unpaired) electrons. The minimum absolute atomic E-state index is 0.0918. The van der Waals surface area contributed by atoms with Crippen molar-refractivity contribution < 1.29 is 9.59 Å². The van der Waals surface area contributed by atoms with Gasteiger partial charge in [0.15, 0.2) is 0 Å². The van der Waals surface area contributed by atoms with Crippen LogP contribution in [0.4, 0.5) is 5.69 Å². The van der Waals surface area contributed by atoms with Gasteiger partial charge in [-0.1, -0.05) is 59.8 Å². The highest BCUT2D eigenvalue weighted by molar-refractivity contribution is 8.00. The maximum absolute atomic E-state index is 13.0. The van der Waals surface area contributed by atoms with Crippen molar-refractivity contribution in [2.45, 2.75) is 38.8 Å². The Morgan fingerprint density at radius 3 is 2.35 bits per heavy atom. The van der Waals surface area contributed by atoms with Crippen molar-refractivity contribution in [3.63, 3.8) is 0 Å². The fourth-order valence-corrected chi connectivity index (χ4v) is 4.21. The summed E-state index contributed by atoms with van der Waals surface area (Å²) in [6.07, 6.45) is 0. The van der Waals surface area contributed by atoms with Crippen molar-refractivity contribution >= 4 is 29.3 Å². The van der Waals surface area contributed by atoms with E-state index in [1.54, 1.807) is 0 Å². The molecule has 0 spiro atoms. The van der Waals surface area contributed by atoms with Crippen LogP contribution >= 0.6 is 11.8 Å². The van der Waals surface area contributed by atoms with E-state index in [-0.39, 0.29) is 23.6 Å². The molecule has 2 amide bonds. The summed E-state index contributed by atoms with van der Waals surface area (Å²) in [5.74, 6) is -0.153. The zero-order valence-electron chi connectivity index (χ0n) is 18.2. The van der Waals surface area contributed by atoms with Crippen LogP contribution < -0.4 is 10.6 Å². The van der Waals surface area contributed by atoms with Gasteiger partial charge in [-0.15, -0.1) is 0 Å². The summed E-state index contributed by atoms with van der Waals surface area (Å²) in [6.45, 7) is 7.72. The zero-order chi connectivity index (χ0) is 22.4. The van der Waals surface area contributed by atoms with Crippen LogP contribution in [0.3, 0.4) is 0 Å². The molecule has 2 N–H and O–H groups in total. The van der Waals surface area contributed by atoms with Crippen LogP contribution in [0.1, 0.15) is 45.7 Å². The van der Waals surface area contributed by atoms with E-state index < -0.39 is 0 Å². The van der Waals surface area contributed by atoms with Crippen LogP contribution in [-0.4, -0.2) is 22.6 Å². The van der Waals surface area contributed by atoms with E-state index in [9.17, 15) is 9.59 Å². The van der Waals surface area contributed by atoms with E-state index in [2.05, 4.69) is 15.6 Å². The molecular formula is C25H27N3O2S. The van der Waals surface area contributed by atoms with Gasteiger partial charge in [0.25, 0.3) is 5.91 Å². The molecule has 0 aliphatic heterocycles. The molecule has 6 heteroatoms. The zero-order valence-corrected chi connectivity index (χ0v) is 19.0. The number of hydrogen-bond donors (Lipinski definition) is 2. The normalized spacial score (nSPS) is 11.6. The molecule has 2 aromatic carbocycles. The van der Waals surface area contributed by atoms with Gasteiger partial charge in [0.2, 0.25) is 5.91 Å². The van der Waals surface area contributed by atoms with Crippen LogP contribution in [0.25, 0.3) is 0 Å². The van der Waals surface area contributed by atoms with Crippen molar-refractivity contribution in [2.24, 2.45) is 0 Å². The smallest absolute Gasteiger partial charge is 0.258 e. The lowest BCUT2D eigenvalue weighted by Gasteiger charge is -2.15. The summed E-state index contributed by atoms with van der Waals surface area (Å²) in [6, 6.07) is 19.2. The second-order valence-corrected chi connectivity index (χ2v) is 8.53.